The number of fused-ring (bicyclic) bond motifs is 1. The van der Waals surface area contributed by atoms with E-state index in [4.69, 9.17) is 0 Å². The molecule has 0 aliphatic heterocycles. The molecule has 0 saturated carbocycles. The van der Waals surface area contributed by atoms with Crippen molar-refractivity contribution in [2.75, 3.05) is 4.90 Å². The van der Waals surface area contributed by atoms with Crippen LogP contribution in [0.4, 0.5) is 11.4 Å². The molecule has 0 saturated heterocycles. The first-order valence-corrected chi connectivity index (χ1v) is 24.8. The quantitative estimate of drug-likeness (QED) is 0.0903. The number of aromatic nitrogens is 3. The zero-order valence-corrected chi connectivity index (χ0v) is 40.6. The minimum absolute atomic E-state index is 0.774. The standard InChI is InChI=1S/C59H47N4.Tl/c1-5-52(29-23-42(2)45-35-38-60-39-36-45)62(55-32-26-49(27-33-55)51-20-15-37-61-41-51)54-30-24-48(25-31-54)50-28-34-57-56(40-50)58(43(3)46-16-9-6-10-17-46)59(44(4)47-18-11-7-12-19-47)63(57)53-21-13-8-14-22-53;/h5-41H,2-3H2,1,4H3;/b29-23-,52-5+,58-43+,59-44-;. The summed E-state index contributed by atoms with van der Waals surface area (Å²) in [5, 5.41) is 3.80. The molecule has 0 radical (unpaired) electrons. The Balaban J connectivity index is 1.20. The first kappa shape index (κ1) is 42.2. The van der Waals surface area contributed by atoms with Gasteiger partial charge < -0.3 is 0 Å². The third-order valence-electron chi connectivity index (χ3n) is 11.8. The van der Waals surface area contributed by atoms with E-state index in [1.807, 2.05) is 30.6 Å². The zero-order chi connectivity index (χ0) is 43.8. The summed E-state index contributed by atoms with van der Waals surface area (Å²) < 4.78 is 3.53. The fourth-order valence-corrected chi connectivity index (χ4v) is 10.2. The number of hydrogen-bond donors (Lipinski definition) is 0. The molecule has 306 valence electrons. The van der Waals surface area contributed by atoms with Gasteiger partial charge in [-0.15, -0.1) is 0 Å². The molecule has 9 aromatic rings. The molecule has 9 rings (SSSR count). The van der Waals surface area contributed by atoms with Gasteiger partial charge in [0.25, 0.3) is 0 Å². The molecular formula is C59H47N4Tl. The fraction of sp³-hybridized carbons (Fsp3) is 0.0508. The van der Waals surface area contributed by atoms with Crippen molar-refractivity contribution in [1.82, 2.24) is 14.5 Å². The largest absolute Gasteiger partial charge is 0.265 e. The minimum atomic E-state index is 0.774. The number of hydrogen-bond acceptors (Lipinski definition) is 3. The Morgan fingerprint density at radius 3 is 1.78 bits per heavy atom. The van der Waals surface area contributed by atoms with Crippen LogP contribution in [-0.4, -0.2) is 40.3 Å². The molecule has 0 spiro atoms. The Morgan fingerprint density at radius 1 is 0.594 bits per heavy atom. The third kappa shape index (κ3) is 8.74. The number of pyridine rings is 2. The molecule has 0 amide bonds. The minimum Gasteiger partial charge on any atom is -0.265 e. The van der Waals surface area contributed by atoms with Gasteiger partial charge in [-0.1, -0.05) is 36.9 Å². The second-order valence-corrected chi connectivity index (χ2v) is 17.2. The monoisotopic (exact) mass is 1020 g/mol. The van der Waals surface area contributed by atoms with Gasteiger partial charge in [-0.05, 0) is 65.6 Å². The van der Waals surface area contributed by atoms with Crippen LogP contribution in [0.25, 0.3) is 55.6 Å². The molecule has 5 heteroatoms. The predicted molar refractivity (Wildman–Crippen MR) is 270 cm³/mol. The number of anilines is 2. The Labute approximate surface area is 392 Å². The molecule has 0 atom stereocenters. The Morgan fingerprint density at radius 2 is 1.19 bits per heavy atom. The summed E-state index contributed by atoms with van der Waals surface area (Å²) in [5.41, 5.74) is 17.1. The molecular weight excluding hydrogens is 969 g/mol. The summed E-state index contributed by atoms with van der Waals surface area (Å²) >= 11 is 0.774. The molecule has 3 heterocycles. The number of benzene rings is 6. The molecule has 3 aromatic heterocycles. The first-order valence-electron chi connectivity index (χ1n) is 21.6. The molecule has 0 bridgehead atoms. The number of para-hydroxylation sites is 1. The zero-order valence-electron chi connectivity index (χ0n) is 36.1. The summed E-state index contributed by atoms with van der Waals surface area (Å²) in [7, 11) is 0. The van der Waals surface area contributed by atoms with Crippen LogP contribution in [-0.2, 0) is 0 Å². The van der Waals surface area contributed by atoms with Crippen LogP contribution in [0.1, 0.15) is 30.5 Å². The molecule has 6 aromatic carbocycles. The van der Waals surface area contributed by atoms with Gasteiger partial charge in [0.1, 0.15) is 0 Å². The molecule has 0 N–H and O–H groups in total. The van der Waals surface area contributed by atoms with Crippen LogP contribution in [0, 0.1) is 0 Å². The van der Waals surface area contributed by atoms with E-state index in [1.54, 1.807) is 12.4 Å². The van der Waals surface area contributed by atoms with Gasteiger partial charge in [0.15, 0.2) is 0 Å². The van der Waals surface area contributed by atoms with Gasteiger partial charge in [-0.2, -0.15) is 0 Å². The SMILES string of the molecule is C=C(/C=C\C(=C/C)N(c1ccc(-c2cccnc2)cc1)c1ccc(-c2ccc3c(c2)c(=C(/[CH2][Tl])c2ccccc2)/c(=C(\C)c2ccccc2)n3-c2ccccc2)cc1)c1ccncc1. The second kappa shape index (κ2) is 19.5. The Kier molecular flexibility index (Phi) is 12.8. The van der Waals surface area contributed by atoms with Crippen LogP contribution < -0.4 is 15.5 Å². The van der Waals surface area contributed by atoms with E-state index in [-0.39, 0.29) is 0 Å². The van der Waals surface area contributed by atoms with Gasteiger partial charge in [0, 0.05) is 24.8 Å². The van der Waals surface area contributed by atoms with Gasteiger partial charge >= 0.3 is 257 Å². The number of allylic oxidation sites excluding steroid dienone is 4. The average Bonchev–Trinajstić information content (AvgIpc) is 3.70. The van der Waals surface area contributed by atoms with Crippen LogP contribution >= 0.6 is 0 Å². The van der Waals surface area contributed by atoms with E-state index in [0.717, 1.165) is 80.3 Å². The fourth-order valence-electron chi connectivity index (χ4n) is 8.54. The normalized spacial score (nSPS) is 12.6. The van der Waals surface area contributed by atoms with Gasteiger partial charge in [0.2, 0.25) is 0 Å². The number of nitrogens with zero attached hydrogens (tertiary/aromatic N) is 4. The topological polar surface area (TPSA) is 34.0 Å². The summed E-state index contributed by atoms with van der Waals surface area (Å²) in [6.45, 7) is 8.73. The van der Waals surface area contributed by atoms with Crippen molar-refractivity contribution in [1.29, 1.82) is 0 Å². The maximum Gasteiger partial charge on any atom is 0.0273 e. The van der Waals surface area contributed by atoms with Crippen LogP contribution in [0.3, 0.4) is 0 Å². The smallest absolute Gasteiger partial charge is 0.0273 e. The van der Waals surface area contributed by atoms with Crippen LogP contribution in [0.15, 0.2) is 237 Å². The van der Waals surface area contributed by atoms with Crippen molar-refractivity contribution >= 4 is 64.8 Å². The number of rotatable bonds is 12. The van der Waals surface area contributed by atoms with E-state index < -0.39 is 0 Å². The summed E-state index contributed by atoms with van der Waals surface area (Å²) in [6.07, 6.45) is 13.7. The van der Waals surface area contributed by atoms with E-state index >= 15 is 0 Å². The summed E-state index contributed by atoms with van der Waals surface area (Å²) in [6, 6.07) is 65.4. The van der Waals surface area contributed by atoms with Gasteiger partial charge in [-0.3, -0.25) is 9.97 Å². The first-order chi connectivity index (χ1) is 31.5. The summed E-state index contributed by atoms with van der Waals surface area (Å²) in [4.78, 5) is 10.8. The molecule has 0 aliphatic rings. The van der Waals surface area contributed by atoms with Crippen LogP contribution in [0.5, 0.6) is 0 Å². The van der Waals surface area contributed by atoms with Crippen molar-refractivity contribution in [3.63, 3.8) is 0 Å². The molecule has 0 fully saturated rings. The predicted octanol–water partition coefficient (Wildman–Crippen LogP) is 13.1. The second-order valence-electron chi connectivity index (χ2n) is 15.6. The van der Waals surface area contributed by atoms with Crippen molar-refractivity contribution in [3.8, 4) is 27.9 Å². The Hall–Kier alpha value is -7.16. The third-order valence-corrected chi connectivity index (χ3v) is 13.4. The molecule has 0 unspecified atom stereocenters. The van der Waals surface area contributed by atoms with Gasteiger partial charge in [-0.25, -0.2) is 0 Å². The van der Waals surface area contributed by atoms with E-state index in [0.29, 0.717) is 0 Å². The van der Waals surface area contributed by atoms with E-state index in [2.05, 4.69) is 222 Å². The van der Waals surface area contributed by atoms with Crippen molar-refractivity contribution in [2.24, 2.45) is 0 Å². The van der Waals surface area contributed by atoms with E-state index in [9.17, 15) is 0 Å². The maximum atomic E-state index is 4.37. The van der Waals surface area contributed by atoms with Crippen molar-refractivity contribution in [3.05, 3.63) is 265 Å². The summed E-state index contributed by atoms with van der Waals surface area (Å²) in [5.74, 6) is 0. The maximum absolute atomic E-state index is 4.37. The van der Waals surface area contributed by atoms with Crippen molar-refractivity contribution in [2.45, 2.75) is 17.8 Å². The molecule has 0 aliphatic carbocycles. The Bertz CT molecular complexity index is 3230. The molecule has 64 heavy (non-hydrogen) atoms. The van der Waals surface area contributed by atoms with Crippen molar-refractivity contribution < 1.29 is 0 Å². The molecule has 4 nitrogen and oxygen atoms in total. The van der Waals surface area contributed by atoms with Crippen LogP contribution in [0.2, 0.25) is 3.98 Å². The van der Waals surface area contributed by atoms with E-state index in [1.165, 1.54) is 49.3 Å². The van der Waals surface area contributed by atoms with Gasteiger partial charge in [0.05, 0.1) is 0 Å². The average molecular weight is 1020 g/mol.